The van der Waals surface area contributed by atoms with Crippen molar-refractivity contribution >= 4 is 21.5 Å². The van der Waals surface area contributed by atoms with Crippen molar-refractivity contribution in [2.24, 2.45) is 5.92 Å². The number of aliphatic hydroxyl groups excluding tert-OH is 1. The first-order valence-electron chi connectivity index (χ1n) is 9.00. The van der Waals surface area contributed by atoms with Gasteiger partial charge in [0.1, 0.15) is 5.76 Å². The third-order valence-corrected chi connectivity index (χ3v) is 5.95. The predicted octanol–water partition coefficient (Wildman–Crippen LogP) is 2.63. The first kappa shape index (κ1) is 22.1. The maximum atomic E-state index is 12.5. The van der Waals surface area contributed by atoms with Gasteiger partial charge in [0.2, 0.25) is 15.7 Å². The lowest BCUT2D eigenvalue weighted by molar-refractivity contribution is -0.384. The van der Waals surface area contributed by atoms with Crippen LogP contribution in [0.15, 0.2) is 95.6 Å². The molecule has 0 bridgehead atoms. The van der Waals surface area contributed by atoms with Crippen molar-refractivity contribution in [1.82, 2.24) is 4.72 Å². The second kappa shape index (κ2) is 8.64. The molecule has 0 fully saturated rings. The Morgan fingerprint density at radius 1 is 1.13 bits per heavy atom. The molecule has 0 saturated heterocycles. The van der Waals surface area contributed by atoms with Crippen LogP contribution in [-0.2, 0) is 10.0 Å². The van der Waals surface area contributed by atoms with E-state index in [1.165, 1.54) is 24.3 Å². The second-order valence-corrected chi connectivity index (χ2v) is 8.38. The standard InChI is InChI=1S/C21H18N2O7S/c24-19(16-4-2-1-3-5-16)11-6-15-12-13-21(26,20(25)14-15)22-31(29,30)18-9-7-17(8-10-18)23(27)28/h1-15,22,25-26H/b11-6+. The minimum Gasteiger partial charge on any atom is -0.508 e. The molecule has 1 aliphatic rings. The smallest absolute Gasteiger partial charge is 0.269 e. The van der Waals surface area contributed by atoms with Crippen LogP contribution >= 0.6 is 0 Å². The van der Waals surface area contributed by atoms with Crippen molar-refractivity contribution in [3.63, 3.8) is 0 Å². The van der Waals surface area contributed by atoms with E-state index in [0.29, 0.717) is 5.56 Å². The van der Waals surface area contributed by atoms with Gasteiger partial charge in [-0.2, -0.15) is 4.72 Å². The molecule has 1 aliphatic carbocycles. The van der Waals surface area contributed by atoms with Crippen molar-refractivity contribution < 1.29 is 28.3 Å². The SMILES string of the molecule is O=C(/C=C/C1C=CC(O)(NS(=O)(=O)c2ccc([N+](=O)[O-])cc2)C(O)=C1)c1ccccc1. The Kier molecular flexibility index (Phi) is 6.16. The highest BCUT2D eigenvalue weighted by Gasteiger charge is 2.37. The van der Waals surface area contributed by atoms with Crippen LogP contribution in [0.1, 0.15) is 10.4 Å². The number of sulfonamides is 1. The number of allylic oxidation sites excluding steroid dienone is 4. The molecule has 0 radical (unpaired) electrons. The summed E-state index contributed by atoms with van der Waals surface area (Å²) in [5, 5.41) is 31.5. The normalized spacial score (nSPS) is 21.1. The predicted molar refractivity (Wildman–Crippen MR) is 112 cm³/mol. The van der Waals surface area contributed by atoms with Crippen LogP contribution in [0.25, 0.3) is 0 Å². The van der Waals surface area contributed by atoms with Gasteiger partial charge in [-0.15, -0.1) is 0 Å². The van der Waals surface area contributed by atoms with Crippen LogP contribution < -0.4 is 4.72 Å². The van der Waals surface area contributed by atoms with E-state index in [1.54, 1.807) is 30.3 Å². The third-order valence-electron chi connectivity index (χ3n) is 4.48. The highest BCUT2D eigenvalue weighted by Crippen LogP contribution is 2.26. The molecule has 0 heterocycles. The molecule has 2 atom stereocenters. The summed E-state index contributed by atoms with van der Waals surface area (Å²) in [5.41, 5.74) is -2.22. The number of benzene rings is 2. The van der Waals surface area contributed by atoms with E-state index < -0.39 is 32.3 Å². The van der Waals surface area contributed by atoms with Crippen molar-refractivity contribution in [2.45, 2.75) is 10.6 Å². The van der Waals surface area contributed by atoms with Gasteiger partial charge in [-0.1, -0.05) is 42.5 Å². The highest BCUT2D eigenvalue weighted by atomic mass is 32.2. The van der Waals surface area contributed by atoms with E-state index >= 15 is 0 Å². The lowest BCUT2D eigenvalue weighted by Crippen LogP contribution is -2.49. The van der Waals surface area contributed by atoms with E-state index in [-0.39, 0.29) is 16.4 Å². The Balaban J connectivity index is 1.73. The number of nitrogens with zero attached hydrogens (tertiary/aromatic N) is 1. The number of hydrogen-bond acceptors (Lipinski definition) is 7. The Morgan fingerprint density at radius 2 is 1.77 bits per heavy atom. The van der Waals surface area contributed by atoms with Crippen molar-refractivity contribution in [3.05, 3.63) is 106 Å². The molecule has 31 heavy (non-hydrogen) atoms. The number of rotatable bonds is 7. The molecule has 2 unspecified atom stereocenters. The monoisotopic (exact) mass is 442 g/mol. The molecular weight excluding hydrogens is 424 g/mol. The van der Waals surface area contributed by atoms with Gasteiger partial charge in [0.15, 0.2) is 5.78 Å². The van der Waals surface area contributed by atoms with Gasteiger partial charge in [-0.05, 0) is 30.4 Å². The van der Waals surface area contributed by atoms with Gasteiger partial charge >= 0.3 is 0 Å². The van der Waals surface area contributed by atoms with E-state index in [1.807, 2.05) is 4.72 Å². The Bertz CT molecular complexity index is 1190. The minimum absolute atomic E-state index is 0.249. The number of carbonyl (C=O) groups excluding carboxylic acids is 1. The van der Waals surface area contributed by atoms with Gasteiger partial charge < -0.3 is 10.2 Å². The van der Waals surface area contributed by atoms with Gasteiger partial charge in [0.25, 0.3) is 5.69 Å². The lowest BCUT2D eigenvalue weighted by Gasteiger charge is -2.28. The summed E-state index contributed by atoms with van der Waals surface area (Å²) in [4.78, 5) is 21.8. The maximum Gasteiger partial charge on any atom is 0.269 e. The molecule has 3 N–H and O–H groups in total. The number of nitro benzene ring substituents is 1. The van der Waals surface area contributed by atoms with Crippen LogP contribution in [-0.4, -0.2) is 35.1 Å². The van der Waals surface area contributed by atoms with E-state index in [9.17, 15) is 33.5 Å². The van der Waals surface area contributed by atoms with Crippen LogP contribution in [0, 0.1) is 16.0 Å². The minimum atomic E-state index is -4.32. The summed E-state index contributed by atoms with van der Waals surface area (Å²) in [6.07, 6.45) is 6.46. The molecule has 10 heteroatoms. The van der Waals surface area contributed by atoms with Crippen LogP contribution in [0.5, 0.6) is 0 Å². The average molecular weight is 442 g/mol. The van der Waals surface area contributed by atoms with Crippen LogP contribution in [0.2, 0.25) is 0 Å². The van der Waals surface area contributed by atoms with Crippen molar-refractivity contribution in [3.8, 4) is 0 Å². The molecule has 0 spiro atoms. The fourth-order valence-electron chi connectivity index (χ4n) is 2.81. The third kappa shape index (κ3) is 5.12. The number of hydrogen-bond donors (Lipinski definition) is 3. The summed E-state index contributed by atoms with van der Waals surface area (Å²) in [6.45, 7) is 0. The summed E-state index contributed by atoms with van der Waals surface area (Å²) in [5.74, 6) is -1.49. The van der Waals surface area contributed by atoms with Crippen molar-refractivity contribution in [2.75, 3.05) is 0 Å². The Hall–Kier alpha value is -3.60. The number of nitro groups is 1. The van der Waals surface area contributed by atoms with Crippen molar-refractivity contribution in [1.29, 1.82) is 0 Å². The topological polar surface area (TPSA) is 147 Å². The quantitative estimate of drug-likeness (QED) is 0.149. The number of ketones is 1. The van der Waals surface area contributed by atoms with Gasteiger partial charge in [-0.25, -0.2) is 8.42 Å². The first-order chi connectivity index (χ1) is 14.6. The van der Waals surface area contributed by atoms with E-state index in [0.717, 1.165) is 30.3 Å². The summed E-state index contributed by atoms with van der Waals surface area (Å²) < 4.78 is 27.0. The molecule has 0 aliphatic heterocycles. The van der Waals surface area contributed by atoms with Crippen LogP contribution in [0.3, 0.4) is 0 Å². The molecule has 0 aromatic heterocycles. The lowest BCUT2D eigenvalue weighted by atomic mass is 9.96. The fraction of sp³-hybridized carbons (Fsp3) is 0.0952. The van der Waals surface area contributed by atoms with Gasteiger partial charge in [-0.3, -0.25) is 14.9 Å². The number of aliphatic hydroxyl groups is 2. The molecule has 2 aromatic rings. The highest BCUT2D eigenvalue weighted by molar-refractivity contribution is 7.89. The number of carbonyl (C=O) groups is 1. The number of nitrogens with one attached hydrogen (secondary N) is 1. The summed E-state index contributed by atoms with van der Waals surface area (Å²) in [6, 6.07) is 12.6. The van der Waals surface area contributed by atoms with Gasteiger partial charge in [0, 0.05) is 23.6 Å². The first-order valence-corrected chi connectivity index (χ1v) is 10.5. The Labute approximate surface area is 177 Å². The zero-order valence-corrected chi connectivity index (χ0v) is 16.8. The molecule has 0 saturated carbocycles. The molecule has 160 valence electrons. The molecule has 2 aromatic carbocycles. The van der Waals surface area contributed by atoms with Crippen LogP contribution in [0.4, 0.5) is 5.69 Å². The summed E-state index contributed by atoms with van der Waals surface area (Å²) >= 11 is 0. The van der Waals surface area contributed by atoms with Gasteiger partial charge in [0.05, 0.1) is 9.82 Å². The fourth-order valence-corrected chi connectivity index (χ4v) is 4.01. The van der Waals surface area contributed by atoms with E-state index in [2.05, 4.69) is 0 Å². The maximum absolute atomic E-state index is 12.5. The zero-order valence-electron chi connectivity index (χ0n) is 16.0. The molecular formula is C21H18N2O7S. The molecule has 0 amide bonds. The average Bonchev–Trinajstić information content (AvgIpc) is 2.75. The second-order valence-electron chi connectivity index (χ2n) is 6.70. The molecule has 3 rings (SSSR count). The molecule has 9 nitrogen and oxygen atoms in total. The largest absolute Gasteiger partial charge is 0.508 e. The Morgan fingerprint density at radius 3 is 2.35 bits per heavy atom. The number of non-ortho nitro benzene ring substituents is 1. The van der Waals surface area contributed by atoms with E-state index in [4.69, 9.17) is 0 Å². The summed E-state index contributed by atoms with van der Waals surface area (Å²) in [7, 11) is -4.32. The zero-order chi connectivity index (χ0) is 22.6.